The number of aromatic nitrogens is 1. The van der Waals surface area contributed by atoms with Crippen LogP contribution in [0.15, 0.2) is 51.8 Å². The van der Waals surface area contributed by atoms with Crippen molar-refractivity contribution in [2.75, 3.05) is 11.4 Å². The number of pyridine rings is 1. The van der Waals surface area contributed by atoms with Crippen LogP contribution >= 0.6 is 0 Å². The molecule has 0 unspecified atom stereocenters. The Labute approximate surface area is 133 Å². The summed E-state index contributed by atoms with van der Waals surface area (Å²) in [5.41, 5.74) is 0.789. The third-order valence-corrected chi connectivity index (χ3v) is 4.20. The monoisotopic (exact) mass is 311 g/mol. The molecule has 0 aromatic carbocycles. The van der Waals surface area contributed by atoms with E-state index in [9.17, 15) is 4.79 Å². The molecule has 3 aromatic heterocycles. The van der Waals surface area contributed by atoms with Gasteiger partial charge in [0.05, 0.1) is 24.5 Å². The first-order valence-corrected chi connectivity index (χ1v) is 7.72. The molecule has 0 saturated carbocycles. The summed E-state index contributed by atoms with van der Waals surface area (Å²) in [6, 6.07) is 7.18. The number of fused-ring (bicyclic) bond motifs is 1. The van der Waals surface area contributed by atoms with Gasteiger partial charge in [-0.1, -0.05) is 0 Å². The normalized spacial score (nSPS) is 17.7. The highest BCUT2D eigenvalue weighted by molar-refractivity contribution is 5.92. The first-order chi connectivity index (χ1) is 11.3. The highest BCUT2D eigenvalue weighted by atomic mass is 16.3. The van der Waals surface area contributed by atoms with E-state index in [0.29, 0.717) is 6.54 Å². The van der Waals surface area contributed by atoms with Crippen LogP contribution in [0.25, 0.3) is 11.0 Å². The average Bonchev–Trinajstić information content (AvgIpc) is 3.32. The summed E-state index contributed by atoms with van der Waals surface area (Å²) in [7, 11) is 0. The smallest absolute Gasteiger partial charge is 0.243 e. The molecule has 23 heavy (non-hydrogen) atoms. The molecule has 1 aliphatic rings. The molecule has 6 heteroatoms. The molecule has 118 valence electrons. The second-order valence-corrected chi connectivity index (χ2v) is 5.62. The van der Waals surface area contributed by atoms with Crippen LogP contribution in [0, 0.1) is 0 Å². The van der Waals surface area contributed by atoms with Gasteiger partial charge in [-0.25, -0.2) is 4.98 Å². The van der Waals surface area contributed by atoms with E-state index in [4.69, 9.17) is 8.83 Å². The molecule has 4 rings (SSSR count). The number of nitrogens with zero attached hydrogens (tertiary/aromatic N) is 2. The predicted octanol–water partition coefficient (Wildman–Crippen LogP) is 2.71. The number of rotatable bonds is 4. The number of hydrogen-bond donors (Lipinski definition) is 1. The van der Waals surface area contributed by atoms with Crippen molar-refractivity contribution in [2.24, 2.45) is 0 Å². The molecular weight excluding hydrogens is 294 g/mol. The zero-order valence-corrected chi connectivity index (χ0v) is 12.6. The molecule has 1 fully saturated rings. The van der Waals surface area contributed by atoms with Gasteiger partial charge in [0, 0.05) is 12.7 Å². The lowest BCUT2D eigenvalue weighted by Crippen LogP contribution is -2.43. The summed E-state index contributed by atoms with van der Waals surface area (Å²) < 4.78 is 10.7. The van der Waals surface area contributed by atoms with E-state index in [1.807, 2.05) is 24.3 Å². The molecule has 0 bridgehead atoms. The predicted molar refractivity (Wildman–Crippen MR) is 84.9 cm³/mol. The van der Waals surface area contributed by atoms with Crippen LogP contribution in [0.5, 0.6) is 0 Å². The quantitative estimate of drug-likeness (QED) is 0.802. The SMILES string of the molecule is O=C(NCc1ccco1)[C@@H]1CCCN1c1nccc2occc12. The largest absolute Gasteiger partial charge is 0.467 e. The van der Waals surface area contributed by atoms with Gasteiger partial charge < -0.3 is 19.1 Å². The van der Waals surface area contributed by atoms with Gasteiger partial charge in [-0.15, -0.1) is 0 Å². The molecule has 1 N–H and O–H groups in total. The van der Waals surface area contributed by atoms with E-state index in [1.165, 1.54) is 0 Å². The summed E-state index contributed by atoms with van der Waals surface area (Å²) in [5, 5.41) is 3.89. The topological polar surface area (TPSA) is 71.5 Å². The maximum Gasteiger partial charge on any atom is 0.243 e. The van der Waals surface area contributed by atoms with E-state index < -0.39 is 0 Å². The van der Waals surface area contributed by atoms with Crippen LogP contribution in [-0.2, 0) is 11.3 Å². The van der Waals surface area contributed by atoms with Crippen molar-refractivity contribution < 1.29 is 13.6 Å². The number of anilines is 1. The van der Waals surface area contributed by atoms with Gasteiger partial charge >= 0.3 is 0 Å². The van der Waals surface area contributed by atoms with Crippen molar-refractivity contribution in [1.29, 1.82) is 0 Å². The third-order valence-electron chi connectivity index (χ3n) is 4.20. The second-order valence-electron chi connectivity index (χ2n) is 5.62. The Morgan fingerprint density at radius 3 is 3.13 bits per heavy atom. The highest BCUT2D eigenvalue weighted by Crippen LogP contribution is 2.30. The Bertz CT molecular complexity index is 809. The summed E-state index contributed by atoms with van der Waals surface area (Å²) in [6.45, 7) is 1.22. The number of furan rings is 2. The first kappa shape index (κ1) is 13.9. The summed E-state index contributed by atoms with van der Waals surface area (Å²) in [6.07, 6.45) is 6.76. The maximum absolute atomic E-state index is 12.6. The highest BCUT2D eigenvalue weighted by Gasteiger charge is 2.32. The zero-order chi connectivity index (χ0) is 15.6. The fourth-order valence-electron chi connectivity index (χ4n) is 3.11. The van der Waals surface area contributed by atoms with E-state index in [0.717, 1.165) is 41.9 Å². The number of hydrogen-bond acceptors (Lipinski definition) is 5. The Kier molecular flexibility index (Phi) is 3.49. The number of carbonyl (C=O) groups excluding carboxylic acids is 1. The van der Waals surface area contributed by atoms with E-state index in [2.05, 4.69) is 15.2 Å². The molecular formula is C17H17N3O3. The molecule has 0 aliphatic carbocycles. The van der Waals surface area contributed by atoms with Crippen LogP contribution in [-0.4, -0.2) is 23.5 Å². The number of amides is 1. The molecule has 3 aromatic rings. The van der Waals surface area contributed by atoms with Gasteiger partial charge in [0.15, 0.2) is 0 Å². The molecule has 4 heterocycles. The molecule has 6 nitrogen and oxygen atoms in total. The Balaban J connectivity index is 1.54. The zero-order valence-electron chi connectivity index (χ0n) is 12.6. The molecule has 1 atom stereocenters. The molecule has 1 saturated heterocycles. The van der Waals surface area contributed by atoms with Crippen molar-refractivity contribution in [3.05, 3.63) is 48.7 Å². The minimum Gasteiger partial charge on any atom is -0.467 e. The summed E-state index contributed by atoms with van der Waals surface area (Å²) in [4.78, 5) is 19.1. The Morgan fingerprint density at radius 1 is 1.30 bits per heavy atom. The van der Waals surface area contributed by atoms with Crippen molar-refractivity contribution in [3.8, 4) is 0 Å². The molecule has 0 radical (unpaired) electrons. The van der Waals surface area contributed by atoms with E-state index in [-0.39, 0.29) is 11.9 Å². The lowest BCUT2D eigenvalue weighted by Gasteiger charge is -2.25. The second kappa shape index (κ2) is 5.79. The van der Waals surface area contributed by atoms with E-state index in [1.54, 1.807) is 18.7 Å². The van der Waals surface area contributed by atoms with E-state index >= 15 is 0 Å². The van der Waals surface area contributed by atoms with Gasteiger partial charge in [-0.2, -0.15) is 0 Å². The van der Waals surface area contributed by atoms with Crippen molar-refractivity contribution in [1.82, 2.24) is 10.3 Å². The average molecular weight is 311 g/mol. The Morgan fingerprint density at radius 2 is 2.26 bits per heavy atom. The lowest BCUT2D eigenvalue weighted by atomic mass is 10.2. The molecule has 0 spiro atoms. The molecule has 1 aliphatic heterocycles. The van der Waals surface area contributed by atoms with Crippen molar-refractivity contribution in [3.63, 3.8) is 0 Å². The van der Waals surface area contributed by atoms with Crippen LogP contribution < -0.4 is 10.2 Å². The minimum atomic E-state index is -0.210. The fourth-order valence-corrected chi connectivity index (χ4v) is 3.11. The van der Waals surface area contributed by atoms with Gasteiger partial charge in [0.2, 0.25) is 5.91 Å². The third kappa shape index (κ3) is 2.56. The number of carbonyl (C=O) groups is 1. The van der Waals surface area contributed by atoms with Gasteiger partial charge in [0.1, 0.15) is 23.2 Å². The first-order valence-electron chi connectivity index (χ1n) is 7.72. The summed E-state index contributed by atoms with van der Waals surface area (Å²) >= 11 is 0. The summed E-state index contributed by atoms with van der Waals surface area (Å²) in [5.74, 6) is 1.56. The fraction of sp³-hybridized carbons (Fsp3) is 0.294. The molecule has 1 amide bonds. The van der Waals surface area contributed by atoms with Gasteiger partial charge in [-0.3, -0.25) is 4.79 Å². The maximum atomic E-state index is 12.6. The number of nitrogens with one attached hydrogen (secondary N) is 1. The van der Waals surface area contributed by atoms with Crippen molar-refractivity contribution >= 4 is 22.7 Å². The van der Waals surface area contributed by atoms with Crippen molar-refractivity contribution in [2.45, 2.75) is 25.4 Å². The van der Waals surface area contributed by atoms with Crippen LogP contribution in [0.4, 0.5) is 5.82 Å². The van der Waals surface area contributed by atoms with Crippen LogP contribution in [0.1, 0.15) is 18.6 Å². The Hall–Kier alpha value is -2.76. The van der Waals surface area contributed by atoms with Gasteiger partial charge in [0.25, 0.3) is 0 Å². The van der Waals surface area contributed by atoms with Crippen LogP contribution in [0.3, 0.4) is 0 Å². The standard InChI is InChI=1S/C17H17N3O3/c21-17(19-11-12-3-2-9-22-12)14-4-1-8-20(14)16-13-6-10-23-15(13)5-7-18-16/h2-3,5-7,9-10,14H,1,4,8,11H2,(H,19,21)/t14-/m0/s1. The lowest BCUT2D eigenvalue weighted by molar-refractivity contribution is -0.122. The van der Waals surface area contributed by atoms with Gasteiger partial charge in [-0.05, 0) is 37.1 Å². The van der Waals surface area contributed by atoms with Crippen LogP contribution in [0.2, 0.25) is 0 Å². The minimum absolute atomic E-state index is 0.00111.